The molecule has 8 heteroatoms. The predicted molar refractivity (Wildman–Crippen MR) is 141 cm³/mol. The second kappa shape index (κ2) is 11.6. The van der Waals surface area contributed by atoms with Gasteiger partial charge in [-0.3, -0.25) is 20.1 Å². The maximum absolute atomic E-state index is 14.6. The lowest BCUT2D eigenvalue weighted by Crippen LogP contribution is -2.59. The Morgan fingerprint density at radius 2 is 2.14 bits per heavy atom. The van der Waals surface area contributed by atoms with Gasteiger partial charge in [-0.05, 0) is 62.5 Å². The number of carbonyl (C=O) groups excluding carboxylic acids is 1. The molecule has 35 heavy (non-hydrogen) atoms. The van der Waals surface area contributed by atoms with Crippen molar-refractivity contribution in [3.8, 4) is 0 Å². The van der Waals surface area contributed by atoms with Gasteiger partial charge in [0, 0.05) is 43.5 Å². The molecule has 5 N–H and O–H groups in total. The lowest BCUT2D eigenvalue weighted by atomic mass is 9.68. The van der Waals surface area contributed by atoms with E-state index in [1.807, 2.05) is 6.21 Å². The number of rotatable bonds is 6. The smallest absolute Gasteiger partial charge is 0.228 e. The third-order valence-corrected chi connectivity index (χ3v) is 9.03. The van der Waals surface area contributed by atoms with Crippen LogP contribution in [0.1, 0.15) is 65.7 Å². The number of fused-ring (bicyclic) bond motifs is 3. The van der Waals surface area contributed by atoms with Gasteiger partial charge in [-0.2, -0.15) is 0 Å². The van der Waals surface area contributed by atoms with Crippen LogP contribution in [0.3, 0.4) is 0 Å². The Kier molecular flexibility index (Phi) is 8.76. The first kappa shape index (κ1) is 26.4. The number of allylic oxidation sites excluding steroid dienone is 1. The van der Waals surface area contributed by atoms with Crippen molar-refractivity contribution in [3.05, 3.63) is 11.6 Å². The number of nitrogens with one attached hydrogen (secondary N) is 3. The summed E-state index contributed by atoms with van der Waals surface area (Å²) in [6, 6.07) is -0.264. The summed E-state index contributed by atoms with van der Waals surface area (Å²) in [6.45, 7) is 9.08. The van der Waals surface area contributed by atoms with Crippen molar-refractivity contribution in [1.29, 1.82) is 0 Å². The highest BCUT2D eigenvalue weighted by molar-refractivity contribution is 5.81. The van der Waals surface area contributed by atoms with Gasteiger partial charge in [0.1, 0.15) is 6.17 Å². The van der Waals surface area contributed by atoms with Crippen molar-refractivity contribution < 1.29 is 9.18 Å². The number of aliphatic imine (C=N–C) groups is 2. The second-order valence-electron chi connectivity index (χ2n) is 11.2. The zero-order valence-corrected chi connectivity index (χ0v) is 21.7. The van der Waals surface area contributed by atoms with Crippen LogP contribution in [-0.2, 0) is 4.79 Å². The Hall–Kier alpha value is -1.64. The number of amides is 1. The molecule has 9 unspecified atom stereocenters. The standard InChI is InChI=1S/C27H45FN6O/c1-4-10-27(5-2)13-21-24(25(29)34-23(27)7-6-18(28)15-32-21)26(35)33-22-16-31-12-9-20(22)19-8-11-30-14-17(19)3/h8,11,15,17-18,20-25,31,34H,4-7,9-10,12-14,16,29H2,1-3H3,(H,33,35)/b32-15-. The maximum atomic E-state index is 14.6. The molecule has 2 bridgehead atoms. The SMILES string of the molecule is CCCC1(CC)CC2/N=C\C(F)CCC1NC(N)C2C(=O)NC1CNCCC1C1=CC=NCC1C. The molecule has 4 heterocycles. The van der Waals surface area contributed by atoms with Crippen molar-refractivity contribution in [2.45, 2.75) is 96.2 Å². The fourth-order valence-electron chi connectivity index (χ4n) is 7.06. The molecule has 196 valence electrons. The van der Waals surface area contributed by atoms with Gasteiger partial charge in [-0.25, -0.2) is 4.39 Å². The molecule has 0 aromatic carbocycles. The number of alkyl halides is 1. The predicted octanol–water partition coefficient (Wildman–Crippen LogP) is 2.76. The molecule has 9 atom stereocenters. The van der Waals surface area contributed by atoms with Crippen LogP contribution < -0.4 is 21.7 Å². The monoisotopic (exact) mass is 488 g/mol. The van der Waals surface area contributed by atoms with Crippen LogP contribution in [0.4, 0.5) is 4.39 Å². The zero-order chi connectivity index (χ0) is 25.0. The van der Waals surface area contributed by atoms with E-state index in [1.165, 1.54) is 11.8 Å². The lowest BCUT2D eigenvalue weighted by Gasteiger charge is -2.40. The first-order valence-electron chi connectivity index (χ1n) is 13.8. The first-order valence-corrected chi connectivity index (χ1v) is 13.8. The molecular formula is C27H45FN6O. The average Bonchev–Trinajstić information content (AvgIpc) is 2.92. The van der Waals surface area contributed by atoms with E-state index in [9.17, 15) is 9.18 Å². The number of halogens is 1. The summed E-state index contributed by atoms with van der Waals surface area (Å²) in [7, 11) is 0. The summed E-state index contributed by atoms with van der Waals surface area (Å²) < 4.78 is 14.6. The summed E-state index contributed by atoms with van der Waals surface area (Å²) >= 11 is 0. The number of piperidine rings is 1. The van der Waals surface area contributed by atoms with Crippen LogP contribution in [0.2, 0.25) is 0 Å². The lowest BCUT2D eigenvalue weighted by molar-refractivity contribution is -0.127. The Morgan fingerprint density at radius 1 is 1.31 bits per heavy atom. The molecule has 0 saturated carbocycles. The Balaban J connectivity index is 1.60. The fourth-order valence-corrected chi connectivity index (χ4v) is 7.06. The molecule has 0 spiro atoms. The molecule has 0 aliphatic carbocycles. The zero-order valence-electron chi connectivity index (χ0n) is 21.7. The van der Waals surface area contributed by atoms with Gasteiger partial charge in [0.25, 0.3) is 0 Å². The van der Waals surface area contributed by atoms with E-state index < -0.39 is 18.3 Å². The Bertz CT molecular complexity index is 830. The van der Waals surface area contributed by atoms with Crippen molar-refractivity contribution in [3.63, 3.8) is 0 Å². The summed E-state index contributed by atoms with van der Waals surface area (Å²) in [4.78, 5) is 23.0. The van der Waals surface area contributed by atoms with Gasteiger partial charge in [-0.1, -0.05) is 32.8 Å². The minimum atomic E-state index is -1.08. The van der Waals surface area contributed by atoms with E-state index in [0.717, 1.165) is 51.7 Å². The summed E-state index contributed by atoms with van der Waals surface area (Å²) in [5.41, 5.74) is 8.05. The molecule has 4 rings (SSSR count). The van der Waals surface area contributed by atoms with Crippen LogP contribution in [0, 0.1) is 23.2 Å². The summed E-state index contributed by atoms with van der Waals surface area (Å²) in [6.07, 6.45) is 9.79. The molecule has 0 radical (unpaired) electrons. The molecule has 1 amide bonds. The quantitative estimate of drug-likeness (QED) is 0.462. The molecule has 2 saturated heterocycles. The molecule has 7 nitrogen and oxygen atoms in total. The van der Waals surface area contributed by atoms with Gasteiger partial charge in [0.05, 0.1) is 18.1 Å². The second-order valence-corrected chi connectivity index (χ2v) is 11.2. The topological polar surface area (TPSA) is 104 Å². The van der Waals surface area contributed by atoms with Crippen LogP contribution in [0.15, 0.2) is 21.6 Å². The number of dihydropyridines is 1. The average molecular weight is 489 g/mol. The maximum Gasteiger partial charge on any atom is 0.228 e. The van der Waals surface area contributed by atoms with Crippen LogP contribution >= 0.6 is 0 Å². The highest BCUT2D eigenvalue weighted by atomic mass is 19.1. The highest BCUT2D eigenvalue weighted by Gasteiger charge is 2.49. The van der Waals surface area contributed by atoms with Crippen LogP contribution in [0.5, 0.6) is 0 Å². The third kappa shape index (κ3) is 5.70. The van der Waals surface area contributed by atoms with Gasteiger partial charge in [-0.15, -0.1) is 0 Å². The molecule has 0 aromatic heterocycles. The summed E-state index contributed by atoms with van der Waals surface area (Å²) in [5.74, 6) is 0.0458. The highest BCUT2D eigenvalue weighted by Crippen LogP contribution is 2.44. The van der Waals surface area contributed by atoms with E-state index in [1.54, 1.807) is 0 Å². The fraction of sp³-hybridized carbons (Fsp3) is 0.815. The number of nitrogens with two attached hydrogens (primary N) is 1. The van der Waals surface area contributed by atoms with Gasteiger partial charge in [0.15, 0.2) is 0 Å². The molecule has 4 aliphatic heterocycles. The largest absolute Gasteiger partial charge is 0.351 e. The molecule has 2 fully saturated rings. The number of hydrogen-bond donors (Lipinski definition) is 4. The van der Waals surface area contributed by atoms with Crippen molar-refractivity contribution in [2.24, 2.45) is 38.9 Å². The molecule has 4 aliphatic rings. The molecular weight excluding hydrogens is 443 g/mol. The van der Waals surface area contributed by atoms with Crippen LogP contribution in [-0.4, -0.2) is 68.4 Å². The van der Waals surface area contributed by atoms with Gasteiger partial charge >= 0.3 is 0 Å². The Labute approximate surface area is 210 Å². The molecule has 0 aromatic rings. The van der Waals surface area contributed by atoms with Crippen LogP contribution in [0.25, 0.3) is 0 Å². The minimum Gasteiger partial charge on any atom is -0.351 e. The van der Waals surface area contributed by atoms with E-state index in [-0.39, 0.29) is 35.4 Å². The first-order chi connectivity index (χ1) is 16.9. The minimum absolute atomic E-state index is 0.0132. The van der Waals surface area contributed by atoms with E-state index in [4.69, 9.17) is 10.7 Å². The van der Waals surface area contributed by atoms with Gasteiger partial charge < -0.3 is 16.4 Å². The normalized spacial score (nSPS) is 42.8. The van der Waals surface area contributed by atoms with Gasteiger partial charge in [0.2, 0.25) is 5.91 Å². The van der Waals surface area contributed by atoms with Crippen molar-refractivity contribution in [2.75, 3.05) is 19.6 Å². The number of nitrogens with zero attached hydrogens (tertiary/aromatic N) is 2. The van der Waals surface area contributed by atoms with E-state index in [0.29, 0.717) is 18.8 Å². The van der Waals surface area contributed by atoms with E-state index >= 15 is 0 Å². The van der Waals surface area contributed by atoms with E-state index in [2.05, 4.69) is 47.8 Å². The third-order valence-electron chi connectivity index (χ3n) is 9.03. The number of carbonyl (C=O) groups is 1. The van der Waals surface area contributed by atoms with Crippen molar-refractivity contribution in [1.82, 2.24) is 16.0 Å². The summed E-state index contributed by atoms with van der Waals surface area (Å²) in [5, 5.41) is 10.4. The van der Waals surface area contributed by atoms with Crippen molar-refractivity contribution >= 4 is 18.3 Å². The Morgan fingerprint density at radius 3 is 2.89 bits per heavy atom. The number of hydrogen-bond acceptors (Lipinski definition) is 6.